The van der Waals surface area contributed by atoms with E-state index in [1.165, 1.54) is 13.3 Å². The summed E-state index contributed by atoms with van der Waals surface area (Å²) in [6, 6.07) is 0.190. The molecular formula is C27H38Cl2N4O3. The number of halogens is 2. The molecule has 0 spiro atoms. The van der Waals surface area contributed by atoms with E-state index in [0.717, 1.165) is 25.0 Å². The minimum absolute atomic E-state index is 0.0626. The van der Waals surface area contributed by atoms with Crippen LogP contribution in [0.5, 0.6) is 5.88 Å². The fourth-order valence-corrected chi connectivity index (χ4v) is 5.90. The van der Waals surface area contributed by atoms with E-state index in [9.17, 15) is 9.59 Å². The van der Waals surface area contributed by atoms with Gasteiger partial charge < -0.3 is 9.64 Å². The fourth-order valence-electron chi connectivity index (χ4n) is 5.29. The average molecular weight is 538 g/mol. The monoisotopic (exact) mass is 536 g/mol. The molecule has 1 saturated carbocycles. The molecule has 1 aliphatic carbocycles. The van der Waals surface area contributed by atoms with Gasteiger partial charge in [-0.05, 0) is 56.4 Å². The van der Waals surface area contributed by atoms with Crippen LogP contribution < -0.4 is 4.74 Å². The summed E-state index contributed by atoms with van der Waals surface area (Å²) in [5, 5.41) is 5.45. The minimum Gasteiger partial charge on any atom is -0.480 e. The molecule has 0 unspecified atom stereocenters. The van der Waals surface area contributed by atoms with Crippen molar-refractivity contribution in [1.82, 2.24) is 19.7 Å². The lowest BCUT2D eigenvalue weighted by Gasteiger charge is -2.33. The molecule has 198 valence electrons. The lowest BCUT2D eigenvalue weighted by Crippen LogP contribution is -2.39. The maximum Gasteiger partial charge on any atom is 0.257 e. The number of nitrogens with zero attached hydrogens (tertiary/aromatic N) is 4. The van der Waals surface area contributed by atoms with E-state index in [1.807, 2.05) is 16.5 Å². The molecule has 1 amide bonds. The van der Waals surface area contributed by atoms with Crippen molar-refractivity contribution in [2.45, 2.75) is 73.3 Å². The van der Waals surface area contributed by atoms with Crippen LogP contribution in [0.4, 0.5) is 0 Å². The number of carbonyl (C=O) groups is 2. The molecule has 0 aromatic carbocycles. The number of Topliss-reactive ketones (excluding diaryl/α,β-unsaturated/α-hetero) is 1. The smallest absolute Gasteiger partial charge is 0.257 e. The molecule has 36 heavy (non-hydrogen) atoms. The van der Waals surface area contributed by atoms with Gasteiger partial charge in [0, 0.05) is 30.9 Å². The molecule has 3 atom stereocenters. The van der Waals surface area contributed by atoms with Crippen LogP contribution in [0.3, 0.4) is 0 Å². The van der Waals surface area contributed by atoms with Crippen molar-refractivity contribution in [2.24, 2.45) is 17.3 Å². The largest absolute Gasteiger partial charge is 0.480 e. The molecule has 0 aliphatic heterocycles. The topological polar surface area (TPSA) is 77.3 Å². The molecule has 2 heterocycles. The molecule has 9 heteroatoms. The van der Waals surface area contributed by atoms with Crippen LogP contribution in [-0.2, 0) is 11.2 Å². The molecule has 0 saturated heterocycles. The van der Waals surface area contributed by atoms with Gasteiger partial charge in [-0.2, -0.15) is 5.10 Å². The Hall–Kier alpha value is -2.12. The maximum atomic E-state index is 13.8. The summed E-state index contributed by atoms with van der Waals surface area (Å²) in [5.74, 6) is 0.932. The Morgan fingerprint density at radius 3 is 2.50 bits per heavy atom. The van der Waals surface area contributed by atoms with Crippen LogP contribution >= 0.6 is 23.2 Å². The third-order valence-electron chi connectivity index (χ3n) is 7.10. The number of ketones is 1. The van der Waals surface area contributed by atoms with E-state index >= 15 is 0 Å². The van der Waals surface area contributed by atoms with Gasteiger partial charge in [-0.1, -0.05) is 50.9 Å². The first kappa shape index (κ1) is 28.5. The SMILES string of the molecule is COc1ncc(Cl)c(CCN(CC(C)(C)C)C(=O)c2cnn([C@@H]3CC[C@@H](C(C)=O)[C@@H](C)C3)c2C)c1Cl. The molecule has 0 radical (unpaired) electrons. The summed E-state index contributed by atoms with van der Waals surface area (Å²) >= 11 is 12.9. The zero-order chi connectivity index (χ0) is 26.8. The van der Waals surface area contributed by atoms with Crippen LogP contribution in [0, 0.1) is 24.2 Å². The van der Waals surface area contributed by atoms with Crippen LogP contribution in [0.15, 0.2) is 12.4 Å². The molecule has 1 aliphatic rings. The summed E-state index contributed by atoms with van der Waals surface area (Å²) in [6.45, 7) is 13.1. The van der Waals surface area contributed by atoms with Gasteiger partial charge in [0.05, 0.1) is 29.9 Å². The Morgan fingerprint density at radius 2 is 1.92 bits per heavy atom. The number of hydrogen-bond acceptors (Lipinski definition) is 5. The van der Waals surface area contributed by atoms with Gasteiger partial charge in [0.25, 0.3) is 5.91 Å². The Balaban J connectivity index is 1.82. The van der Waals surface area contributed by atoms with Gasteiger partial charge in [-0.15, -0.1) is 0 Å². The van der Waals surface area contributed by atoms with Crippen LogP contribution in [0.1, 0.15) is 81.5 Å². The predicted molar refractivity (Wildman–Crippen MR) is 143 cm³/mol. The number of aromatic nitrogens is 3. The predicted octanol–water partition coefficient (Wildman–Crippen LogP) is 6.20. The van der Waals surface area contributed by atoms with Crippen molar-refractivity contribution >= 4 is 34.9 Å². The highest BCUT2D eigenvalue weighted by atomic mass is 35.5. The van der Waals surface area contributed by atoms with Crippen LogP contribution in [-0.4, -0.2) is 51.6 Å². The number of methoxy groups -OCH3 is 1. The van der Waals surface area contributed by atoms with Crippen LogP contribution in [0.25, 0.3) is 0 Å². The van der Waals surface area contributed by atoms with Gasteiger partial charge in [-0.3, -0.25) is 14.3 Å². The van der Waals surface area contributed by atoms with E-state index in [1.54, 1.807) is 13.1 Å². The van der Waals surface area contributed by atoms with Crippen molar-refractivity contribution in [3.05, 3.63) is 39.3 Å². The number of hydrogen-bond donors (Lipinski definition) is 0. The second-order valence-corrected chi connectivity index (χ2v) is 12.0. The molecule has 7 nitrogen and oxygen atoms in total. The highest BCUT2D eigenvalue weighted by Gasteiger charge is 2.33. The fraction of sp³-hybridized carbons (Fsp3) is 0.630. The molecule has 2 aromatic rings. The third kappa shape index (κ3) is 6.41. The minimum atomic E-state index is -0.108. The number of pyridine rings is 1. The maximum absolute atomic E-state index is 13.8. The van der Waals surface area contributed by atoms with Gasteiger partial charge >= 0.3 is 0 Å². The third-order valence-corrected chi connectivity index (χ3v) is 7.81. The second kappa shape index (κ2) is 11.5. The van der Waals surface area contributed by atoms with Gasteiger partial charge in [-0.25, -0.2) is 4.98 Å². The van der Waals surface area contributed by atoms with Crippen LogP contribution in [0.2, 0.25) is 10.0 Å². The normalized spacial score (nSPS) is 20.3. The lowest BCUT2D eigenvalue weighted by atomic mass is 9.76. The zero-order valence-electron chi connectivity index (χ0n) is 22.4. The summed E-state index contributed by atoms with van der Waals surface area (Å²) in [6.07, 6.45) is 6.30. The van der Waals surface area contributed by atoms with Gasteiger partial charge in [0.15, 0.2) is 0 Å². The van der Waals surface area contributed by atoms with Crippen molar-refractivity contribution in [3.8, 4) is 5.88 Å². The van der Waals surface area contributed by atoms with Crippen molar-refractivity contribution < 1.29 is 14.3 Å². The van der Waals surface area contributed by atoms with E-state index in [-0.39, 0.29) is 29.1 Å². The highest BCUT2D eigenvalue weighted by molar-refractivity contribution is 6.36. The number of rotatable bonds is 8. The van der Waals surface area contributed by atoms with E-state index in [2.05, 4.69) is 37.8 Å². The Labute approximate surface area is 224 Å². The van der Waals surface area contributed by atoms with E-state index in [0.29, 0.717) is 52.5 Å². The number of carbonyl (C=O) groups excluding carboxylic acids is 2. The van der Waals surface area contributed by atoms with Crippen molar-refractivity contribution in [3.63, 3.8) is 0 Å². The second-order valence-electron chi connectivity index (χ2n) is 11.2. The summed E-state index contributed by atoms with van der Waals surface area (Å²) in [7, 11) is 1.51. The first-order valence-corrected chi connectivity index (χ1v) is 13.3. The first-order chi connectivity index (χ1) is 16.8. The zero-order valence-corrected chi connectivity index (χ0v) is 23.9. The van der Waals surface area contributed by atoms with Crippen molar-refractivity contribution in [1.29, 1.82) is 0 Å². The first-order valence-electron chi connectivity index (χ1n) is 12.5. The number of ether oxygens (including phenoxy) is 1. The Kier molecular flexibility index (Phi) is 9.10. The molecule has 0 bridgehead atoms. The molecule has 0 N–H and O–H groups in total. The van der Waals surface area contributed by atoms with Crippen molar-refractivity contribution in [2.75, 3.05) is 20.2 Å². The summed E-state index contributed by atoms with van der Waals surface area (Å²) < 4.78 is 7.22. The standard InChI is InChI=1S/C27H38Cl2N4O3/c1-16-12-19(8-9-20(16)18(3)34)33-17(2)22(13-31-33)26(35)32(15-27(4,5)6)11-10-21-23(28)14-30-25(36-7)24(21)29/h13-14,16,19-20H,8-12,15H2,1-7H3/t16-,19+,20+/m0/s1. The molecule has 1 fully saturated rings. The Bertz CT molecular complexity index is 1110. The average Bonchev–Trinajstić information content (AvgIpc) is 3.17. The van der Waals surface area contributed by atoms with Gasteiger partial charge in [0.1, 0.15) is 10.8 Å². The lowest BCUT2D eigenvalue weighted by molar-refractivity contribution is -0.123. The number of amides is 1. The molecule has 2 aromatic heterocycles. The molecular weight excluding hydrogens is 499 g/mol. The Morgan fingerprint density at radius 1 is 1.22 bits per heavy atom. The highest BCUT2D eigenvalue weighted by Crippen LogP contribution is 2.38. The van der Waals surface area contributed by atoms with E-state index in [4.69, 9.17) is 27.9 Å². The van der Waals surface area contributed by atoms with E-state index < -0.39 is 0 Å². The van der Waals surface area contributed by atoms with Gasteiger partial charge in [0.2, 0.25) is 5.88 Å². The molecule has 3 rings (SSSR count). The quantitative estimate of drug-likeness (QED) is 0.401. The summed E-state index contributed by atoms with van der Waals surface area (Å²) in [4.78, 5) is 31.7. The summed E-state index contributed by atoms with van der Waals surface area (Å²) in [5.41, 5.74) is 2.06.